The van der Waals surface area contributed by atoms with Gasteiger partial charge in [0.1, 0.15) is 33.4 Å². The number of anilines is 1. The minimum absolute atomic E-state index is 0.0454. The molecule has 1 aliphatic rings. The second kappa shape index (κ2) is 7.41. The van der Waals surface area contributed by atoms with Crippen LogP contribution in [0.5, 0.6) is 0 Å². The van der Waals surface area contributed by atoms with Crippen molar-refractivity contribution in [3.63, 3.8) is 0 Å². The number of aliphatic imine (C=N–C) groups is 1. The van der Waals surface area contributed by atoms with Gasteiger partial charge in [0.2, 0.25) is 0 Å². The number of amidine groups is 1. The number of sulfone groups is 1. The summed E-state index contributed by atoms with van der Waals surface area (Å²) in [6.07, 6.45) is 2.84. The summed E-state index contributed by atoms with van der Waals surface area (Å²) in [5.41, 5.74) is 7.16. The minimum atomic E-state index is -3.66. The normalized spacial score (nSPS) is 22.0. The Morgan fingerprint density at radius 2 is 2.03 bits per heavy atom. The maximum atomic E-state index is 14.8. The fourth-order valence-corrected chi connectivity index (χ4v) is 5.60. The number of aromatic nitrogens is 3. The molecule has 3 aromatic heterocycles. The van der Waals surface area contributed by atoms with Crippen molar-refractivity contribution in [2.24, 2.45) is 10.7 Å². The molecule has 0 aromatic carbocycles. The van der Waals surface area contributed by atoms with Crippen LogP contribution in [-0.2, 0) is 21.9 Å². The Morgan fingerprint density at radius 1 is 1.31 bits per heavy atom. The van der Waals surface area contributed by atoms with Crippen LogP contribution in [0.4, 0.5) is 10.2 Å². The molecule has 0 aliphatic carbocycles. The lowest BCUT2D eigenvalue weighted by atomic mass is 9.94. The Hall–Kier alpha value is -2.72. The standard InChI is InChI=1S/C21H24ClFN6O2S/c1-12-16(27-18-6-5-13(22)10-29(12)18)9-26-17-7-14(15(23)8-25-17)21(4)11-32(30,31)20(2,3)19(24)28-21/h5-8,10H,9,11H2,1-4H3,(H2,24,28)(H,25,26)/t21-/m0/s1. The van der Waals surface area contributed by atoms with Crippen molar-refractivity contribution in [1.29, 1.82) is 0 Å². The van der Waals surface area contributed by atoms with Crippen molar-refractivity contribution in [3.8, 4) is 0 Å². The SMILES string of the molecule is Cc1c(CNc2cc([C@]3(C)CS(=O)(=O)C(C)(C)C(N)=N3)c(F)cn2)nc2ccc(Cl)cn12. The lowest BCUT2D eigenvalue weighted by molar-refractivity contribution is 0.474. The Bertz CT molecular complexity index is 1370. The average Bonchev–Trinajstić information content (AvgIpc) is 3.01. The Morgan fingerprint density at radius 3 is 2.72 bits per heavy atom. The molecule has 0 amide bonds. The summed E-state index contributed by atoms with van der Waals surface area (Å²) in [5, 5.41) is 3.73. The number of rotatable bonds is 4. The third kappa shape index (κ3) is 3.61. The quantitative estimate of drug-likeness (QED) is 0.595. The number of imidazole rings is 1. The fourth-order valence-electron chi connectivity index (χ4n) is 3.76. The molecular formula is C21H24ClFN6O2S. The van der Waals surface area contributed by atoms with Gasteiger partial charge in [-0.05, 0) is 45.9 Å². The van der Waals surface area contributed by atoms with E-state index >= 15 is 0 Å². The molecule has 3 aromatic rings. The van der Waals surface area contributed by atoms with Gasteiger partial charge in [-0.25, -0.2) is 22.8 Å². The lowest BCUT2D eigenvalue weighted by Crippen LogP contribution is -2.55. The number of nitrogens with two attached hydrogens (primary N) is 1. The Kier molecular flexibility index (Phi) is 5.21. The summed E-state index contributed by atoms with van der Waals surface area (Å²) in [5.74, 6) is -0.687. The molecule has 4 heterocycles. The van der Waals surface area contributed by atoms with Gasteiger partial charge in [0.15, 0.2) is 9.84 Å². The van der Waals surface area contributed by atoms with Crippen molar-refractivity contribution >= 4 is 38.7 Å². The number of nitrogens with zero attached hydrogens (tertiary/aromatic N) is 4. The van der Waals surface area contributed by atoms with Crippen LogP contribution < -0.4 is 11.1 Å². The molecule has 0 spiro atoms. The van der Waals surface area contributed by atoms with Crippen molar-refractivity contribution in [2.45, 2.75) is 44.5 Å². The maximum absolute atomic E-state index is 14.8. The Labute approximate surface area is 190 Å². The smallest absolute Gasteiger partial charge is 0.165 e. The van der Waals surface area contributed by atoms with Gasteiger partial charge in [0, 0.05) is 17.5 Å². The summed E-state index contributed by atoms with van der Waals surface area (Å²) < 4.78 is 41.0. The number of hydrogen-bond acceptors (Lipinski definition) is 7. The van der Waals surface area contributed by atoms with Crippen molar-refractivity contribution in [2.75, 3.05) is 11.1 Å². The van der Waals surface area contributed by atoms with Gasteiger partial charge in [-0.15, -0.1) is 0 Å². The van der Waals surface area contributed by atoms with Gasteiger partial charge in [-0.2, -0.15) is 0 Å². The molecule has 4 rings (SSSR count). The number of pyridine rings is 2. The molecule has 32 heavy (non-hydrogen) atoms. The first-order chi connectivity index (χ1) is 14.8. The summed E-state index contributed by atoms with van der Waals surface area (Å²) in [6, 6.07) is 5.06. The number of halogens is 2. The molecule has 1 aliphatic heterocycles. The molecule has 0 fully saturated rings. The highest BCUT2D eigenvalue weighted by atomic mass is 35.5. The van der Waals surface area contributed by atoms with Crippen molar-refractivity contribution in [3.05, 3.63) is 58.4 Å². The zero-order chi connectivity index (χ0) is 23.5. The van der Waals surface area contributed by atoms with Crippen LogP contribution >= 0.6 is 11.6 Å². The third-order valence-corrected chi connectivity index (χ3v) is 8.95. The van der Waals surface area contributed by atoms with E-state index in [4.69, 9.17) is 17.3 Å². The van der Waals surface area contributed by atoms with Crippen LogP contribution in [0, 0.1) is 12.7 Å². The summed E-state index contributed by atoms with van der Waals surface area (Å²) >= 11 is 6.07. The van der Waals surface area contributed by atoms with Gasteiger partial charge >= 0.3 is 0 Å². The number of hydrogen-bond donors (Lipinski definition) is 2. The van der Waals surface area contributed by atoms with E-state index in [1.807, 2.05) is 17.4 Å². The highest BCUT2D eigenvalue weighted by Crippen LogP contribution is 2.38. The second-order valence-electron chi connectivity index (χ2n) is 8.66. The molecule has 1 atom stereocenters. The van der Waals surface area contributed by atoms with E-state index in [0.29, 0.717) is 17.4 Å². The summed E-state index contributed by atoms with van der Waals surface area (Å²) in [7, 11) is -3.66. The molecular weight excluding hydrogens is 455 g/mol. The molecule has 0 saturated heterocycles. The van der Waals surface area contributed by atoms with Crippen LogP contribution in [-0.4, -0.2) is 39.1 Å². The number of nitrogens with one attached hydrogen (secondary N) is 1. The van der Waals surface area contributed by atoms with Crippen molar-refractivity contribution < 1.29 is 12.8 Å². The lowest BCUT2D eigenvalue weighted by Gasteiger charge is -2.37. The van der Waals surface area contributed by atoms with Crippen LogP contribution in [0.1, 0.15) is 37.7 Å². The molecule has 0 radical (unpaired) electrons. The van der Waals surface area contributed by atoms with E-state index < -0.39 is 25.9 Å². The second-order valence-corrected chi connectivity index (χ2v) is 11.6. The zero-order valence-corrected chi connectivity index (χ0v) is 19.7. The molecule has 0 bridgehead atoms. The van der Waals surface area contributed by atoms with Gasteiger partial charge in [0.25, 0.3) is 0 Å². The topological polar surface area (TPSA) is 115 Å². The highest BCUT2D eigenvalue weighted by molar-refractivity contribution is 7.93. The third-order valence-electron chi connectivity index (χ3n) is 6.02. The predicted molar refractivity (Wildman–Crippen MR) is 123 cm³/mol. The van der Waals surface area contributed by atoms with Gasteiger partial charge in [-0.1, -0.05) is 11.6 Å². The van der Waals surface area contributed by atoms with Gasteiger partial charge < -0.3 is 15.5 Å². The summed E-state index contributed by atoms with van der Waals surface area (Å²) in [6.45, 7) is 6.81. The van der Waals surface area contributed by atoms with Crippen LogP contribution in [0.2, 0.25) is 5.02 Å². The van der Waals surface area contributed by atoms with E-state index in [2.05, 4.69) is 20.3 Å². The van der Waals surface area contributed by atoms with Gasteiger partial charge in [0.05, 0.1) is 29.2 Å². The predicted octanol–water partition coefficient (Wildman–Crippen LogP) is 3.22. The first-order valence-corrected chi connectivity index (χ1v) is 12.0. The van der Waals surface area contributed by atoms with E-state index in [-0.39, 0.29) is 17.2 Å². The summed E-state index contributed by atoms with van der Waals surface area (Å²) in [4.78, 5) is 13.1. The monoisotopic (exact) mass is 478 g/mol. The van der Waals surface area contributed by atoms with Gasteiger partial charge in [-0.3, -0.25) is 4.99 Å². The molecule has 8 nitrogen and oxygen atoms in total. The van der Waals surface area contributed by atoms with Crippen LogP contribution in [0.15, 0.2) is 35.6 Å². The first-order valence-electron chi connectivity index (χ1n) is 9.95. The van der Waals surface area contributed by atoms with Crippen LogP contribution in [0.3, 0.4) is 0 Å². The number of fused-ring (bicyclic) bond motifs is 1. The highest BCUT2D eigenvalue weighted by Gasteiger charge is 2.49. The molecule has 0 saturated carbocycles. The van der Waals surface area contributed by atoms with Crippen LogP contribution in [0.25, 0.3) is 5.65 Å². The maximum Gasteiger partial charge on any atom is 0.165 e. The first kappa shape index (κ1) is 22.5. The average molecular weight is 479 g/mol. The molecule has 3 N–H and O–H groups in total. The van der Waals surface area contributed by atoms with E-state index in [0.717, 1.165) is 23.2 Å². The molecule has 11 heteroatoms. The number of aryl methyl sites for hydroxylation is 1. The molecule has 0 unspecified atom stereocenters. The molecule has 170 valence electrons. The largest absolute Gasteiger partial charge is 0.386 e. The zero-order valence-electron chi connectivity index (χ0n) is 18.1. The van der Waals surface area contributed by atoms with E-state index in [1.54, 1.807) is 19.2 Å². The van der Waals surface area contributed by atoms with E-state index in [1.165, 1.54) is 19.9 Å². The van der Waals surface area contributed by atoms with E-state index in [9.17, 15) is 12.8 Å². The Balaban J connectivity index is 1.66. The van der Waals surface area contributed by atoms with Crippen molar-refractivity contribution in [1.82, 2.24) is 14.4 Å². The fraction of sp³-hybridized carbons (Fsp3) is 0.381. The minimum Gasteiger partial charge on any atom is -0.386 e.